The van der Waals surface area contributed by atoms with Crippen molar-refractivity contribution in [3.63, 3.8) is 0 Å². The molecular formula is C25H20BrFN2O3. The van der Waals surface area contributed by atoms with Gasteiger partial charge in [-0.25, -0.2) is 4.39 Å². The van der Waals surface area contributed by atoms with Crippen molar-refractivity contribution in [1.29, 1.82) is 0 Å². The number of hydrogen-bond donors (Lipinski definition) is 1. The zero-order chi connectivity index (χ0) is 22.7. The van der Waals surface area contributed by atoms with E-state index >= 15 is 0 Å². The molecule has 0 atom stereocenters. The first-order valence-electron chi connectivity index (χ1n) is 9.96. The third-order valence-electron chi connectivity index (χ3n) is 5.06. The second kappa shape index (κ2) is 9.36. The van der Waals surface area contributed by atoms with E-state index in [2.05, 4.69) is 21.2 Å². The van der Waals surface area contributed by atoms with Crippen LogP contribution in [0, 0.1) is 5.82 Å². The second-order valence-corrected chi connectivity index (χ2v) is 8.38. The fraction of sp³-hybridized carbons (Fsp3) is 0.120. The summed E-state index contributed by atoms with van der Waals surface area (Å²) in [6.45, 7) is 0.176. The Bertz CT molecular complexity index is 1250. The van der Waals surface area contributed by atoms with E-state index in [0.29, 0.717) is 16.8 Å². The molecule has 0 saturated heterocycles. The predicted molar refractivity (Wildman–Crippen MR) is 125 cm³/mol. The molecule has 0 fully saturated rings. The molecule has 2 amide bonds. The predicted octanol–water partition coefficient (Wildman–Crippen LogP) is 5.79. The van der Waals surface area contributed by atoms with Gasteiger partial charge in [-0.2, -0.15) is 0 Å². The normalized spacial score (nSPS) is 10.8. The van der Waals surface area contributed by atoms with Crippen molar-refractivity contribution in [2.75, 3.05) is 12.4 Å². The zero-order valence-electron chi connectivity index (χ0n) is 17.3. The van der Waals surface area contributed by atoms with Gasteiger partial charge in [0.25, 0.3) is 5.91 Å². The smallest absolute Gasteiger partial charge is 0.291 e. The van der Waals surface area contributed by atoms with Gasteiger partial charge >= 0.3 is 0 Å². The maximum absolute atomic E-state index is 14.0. The highest BCUT2D eigenvalue weighted by Gasteiger charge is 2.14. The highest BCUT2D eigenvalue weighted by Crippen LogP contribution is 2.21. The van der Waals surface area contributed by atoms with E-state index in [-0.39, 0.29) is 36.4 Å². The Morgan fingerprint density at radius 3 is 2.53 bits per heavy atom. The Morgan fingerprint density at radius 2 is 1.78 bits per heavy atom. The summed E-state index contributed by atoms with van der Waals surface area (Å²) >= 11 is 3.32. The minimum absolute atomic E-state index is 0.136. The number of carbonyl (C=O) groups is 2. The molecule has 7 heteroatoms. The summed E-state index contributed by atoms with van der Waals surface area (Å²) in [6.07, 6.45) is 0.171. The number of para-hydroxylation sites is 1. The Morgan fingerprint density at radius 1 is 1.03 bits per heavy atom. The quantitative estimate of drug-likeness (QED) is 0.369. The van der Waals surface area contributed by atoms with Crippen LogP contribution in [0.4, 0.5) is 10.1 Å². The van der Waals surface area contributed by atoms with E-state index in [1.165, 1.54) is 11.0 Å². The van der Waals surface area contributed by atoms with Gasteiger partial charge in [0, 0.05) is 34.7 Å². The summed E-state index contributed by atoms with van der Waals surface area (Å²) in [5, 5.41) is 3.65. The van der Waals surface area contributed by atoms with E-state index in [4.69, 9.17) is 4.42 Å². The number of benzene rings is 3. The van der Waals surface area contributed by atoms with Gasteiger partial charge in [0.2, 0.25) is 5.91 Å². The Labute approximate surface area is 193 Å². The summed E-state index contributed by atoms with van der Waals surface area (Å²) < 4.78 is 20.3. The third-order valence-corrected chi connectivity index (χ3v) is 5.55. The van der Waals surface area contributed by atoms with Crippen LogP contribution >= 0.6 is 15.9 Å². The van der Waals surface area contributed by atoms with Crippen molar-refractivity contribution in [3.8, 4) is 0 Å². The van der Waals surface area contributed by atoms with Crippen molar-refractivity contribution in [3.05, 3.63) is 100.0 Å². The number of halogens is 2. The maximum atomic E-state index is 14.0. The molecule has 32 heavy (non-hydrogen) atoms. The van der Waals surface area contributed by atoms with Crippen molar-refractivity contribution >= 4 is 44.4 Å². The summed E-state index contributed by atoms with van der Waals surface area (Å²) in [7, 11) is 1.64. The lowest BCUT2D eigenvalue weighted by Crippen LogP contribution is -2.28. The van der Waals surface area contributed by atoms with Crippen molar-refractivity contribution in [1.82, 2.24) is 4.90 Å². The van der Waals surface area contributed by atoms with Crippen LogP contribution in [-0.4, -0.2) is 23.8 Å². The first kappa shape index (κ1) is 21.8. The SMILES string of the molecule is CN(Cc1cc(Br)ccc1F)C(=O)Cc1ccc(NC(=O)c2cc3ccccc3o2)cc1. The van der Waals surface area contributed by atoms with E-state index in [0.717, 1.165) is 15.4 Å². The van der Waals surface area contributed by atoms with Crippen LogP contribution in [0.2, 0.25) is 0 Å². The van der Waals surface area contributed by atoms with Crippen LogP contribution in [0.25, 0.3) is 11.0 Å². The standard InChI is InChI=1S/C25H20BrFN2O3/c1-29(15-18-13-19(26)8-11-21(18)27)24(30)12-16-6-9-20(10-7-16)28-25(31)23-14-17-4-2-3-5-22(17)32-23/h2-11,13-14H,12,15H2,1H3,(H,28,31). The molecule has 0 unspecified atom stereocenters. The number of carbonyl (C=O) groups excluding carboxylic acids is 2. The average molecular weight is 495 g/mol. The number of amides is 2. The van der Waals surface area contributed by atoms with Crippen molar-refractivity contribution in [2.24, 2.45) is 0 Å². The van der Waals surface area contributed by atoms with Crippen LogP contribution < -0.4 is 5.32 Å². The van der Waals surface area contributed by atoms with Crippen LogP contribution in [-0.2, 0) is 17.8 Å². The topological polar surface area (TPSA) is 62.6 Å². The van der Waals surface area contributed by atoms with Crippen LogP contribution in [0.1, 0.15) is 21.7 Å². The molecule has 0 aliphatic carbocycles. The summed E-state index contributed by atoms with van der Waals surface area (Å²) in [5.41, 5.74) is 2.48. The Balaban J connectivity index is 1.36. The Kier molecular flexibility index (Phi) is 6.37. The van der Waals surface area contributed by atoms with Gasteiger partial charge in [-0.15, -0.1) is 0 Å². The van der Waals surface area contributed by atoms with E-state index in [1.807, 2.05) is 18.2 Å². The number of nitrogens with zero attached hydrogens (tertiary/aromatic N) is 1. The summed E-state index contributed by atoms with van der Waals surface area (Å²) in [5.74, 6) is -0.603. The van der Waals surface area contributed by atoms with Crippen LogP contribution in [0.3, 0.4) is 0 Å². The zero-order valence-corrected chi connectivity index (χ0v) is 18.9. The lowest BCUT2D eigenvalue weighted by atomic mass is 10.1. The van der Waals surface area contributed by atoms with E-state index < -0.39 is 0 Å². The van der Waals surface area contributed by atoms with Gasteiger partial charge in [0.15, 0.2) is 5.76 Å². The van der Waals surface area contributed by atoms with Crippen molar-refractivity contribution in [2.45, 2.75) is 13.0 Å². The van der Waals surface area contributed by atoms with Crippen LogP contribution in [0.5, 0.6) is 0 Å². The number of nitrogens with one attached hydrogen (secondary N) is 1. The molecule has 162 valence electrons. The molecule has 0 spiro atoms. The van der Waals surface area contributed by atoms with E-state index in [9.17, 15) is 14.0 Å². The Hall–Kier alpha value is -3.45. The molecule has 0 bridgehead atoms. The number of hydrogen-bond acceptors (Lipinski definition) is 3. The molecule has 0 radical (unpaired) electrons. The van der Waals surface area contributed by atoms with Gasteiger partial charge < -0.3 is 14.6 Å². The molecule has 3 aromatic carbocycles. The van der Waals surface area contributed by atoms with Gasteiger partial charge in [-0.3, -0.25) is 9.59 Å². The van der Waals surface area contributed by atoms with Gasteiger partial charge in [0.05, 0.1) is 6.42 Å². The molecule has 4 aromatic rings. The minimum atomic E-state index is -0.350. The summed E-state index contributed by atoms with van der Waals surface area (Å²) in [6, 6.07) is 20.8. The molecule has 0 aliphatic heterocycles. The first-order valence-corrected chi connectivity index (χ1v) is 10.7. The molecule has 5 nitrogen and oxygen atoms in total. The van der Waals surface area contributed by atoms with Gasteiger partial charge in [-0.05, 0) is 48.0 Å². The molecule has 1 aromatic heterocycles. The monoisotopic (exact) mass is 494 g/mol. The average Bonchev–Trinajstić information content (AvgIpc) is 3.22. The second-order valence-electron chi connectivity index (χ2n) is 7.46. The number of rotatable bonds is 6. The summed E-state index contributed by atoms with van der Waals surface area (Å²) in [4.78, 5) is 26.5. The molecule has 0 saturated carbocycles. The van der Waals surface area contributed by atoms with Gasteiger partial charge in [0.1, 0.15) is 11.4 Å². The van der Waals surface area contributed by atoms with E-state index in [1.54, 1.807) is 55.6 Å². The minimum Gasteiger partial charge on any atom is -0.451 e. The maximum Gasteiger partial charge on any atom is 0.291 e. The fourth-order valence-electron chi connectivity index (χ4n) is 3.31. The lowest BCUT2D eigenvalue weighted by molar-refractivity contribution is -0.129. The largest absolute Gasteiger partial charge is 0.451 e. The highest BCUT2D eigenvalue weighted by molar-refractivity contribution is 9.10. The number of anilines is 1. The van der Waals surface area contributed by atoms with Crippen molar-refractivity contribution < 1.29 is 18.4 Å². The fourth-order valence-corrected chi connectivity index (χ4v) is 3.72. The number of fused-ring (bicyclic) bond motifs is 1. The molecule has 1 N–H and O–H groups in total. The van der Waals surface area contributed by atoms with Gasteiger partial charge in [-0.1, -0.05) is 46.3 Å². The van der Waals surface area contributed by atoms with Crippen LogP contribution in [0.15, 0.2) is 81.7 Å². The number of furan rings is 1. The molecular weight excluding hydrogens is 475 g/mol. The first-order chi connectivity index (χ1) is 15.4. The molecule has 1 heterocycles. The third kappa shape index (κ3) is 5.06. The highest BCUT2D eigenvalue weighted by atomic mass is 79.9. The lowest BCUT2D eigenvalue weighted by Gasteiger charge is -2.18. The number of likely N-dealkylation sites (N-methyl/N-ethyl adjacent to an activating group) is 1. The molecule has 0 aliphatic rings. The molecule has 4 rings (SSSR count).